The normalized spacial score (nSPS) is 8.00. The van der Waals surface area contributed by atoms with E-state index >= 15 is 0 Å². The van der Waals surface area contributed by atoms with Crippen molar-refractivity contribution in [1.29, 1.82) is 0 Å². The Morgan fingerprint density at radius 3 is 1.56 bits per heavy atom. The topological polar surface area (TPSA) is 40.5 Å². The average molecular weight is 150 g/mol. The van der Waals surface area contributed by atoms with E-state index in [9.17, 15) is 0 Å². The van der Waals surface area contributed by atoms with Gasteiger partial charge in [0.05, 0.1) is 0 Å². The number of aromatic hydroxyl groups is 2. The Labute approximate surface area is 97.4 Å². The van der Waals surface area contributed by atoms with Gasteiger partial charge in [0.1, 0.15) is 0 Å². The Morgan fingerprint density at radius 2 is 1.33 bits per heavy atom. The molecular weight excluding hydrogens is 143 g/mol. The standard InChI is InChI=1S/C6H6O2.K.H/c7-5-3-1-2-4-6(5)8;;/h1-4,7-8H;;/q;+1;-1. The second-order valence-corrected chi connectivity index (χ2v) is 1.49. The first-order chi connectivity index (χ1) is 3.80. The van der Waals surface area contributed by atoms with Crippen molar-refractivity contribution in [3.05, 3.63) is 24.3 Å². The van der Waals surface area contributed by atoms with Gasteiger partial charge >= 0.3 is 51.4 Å². The maximum Gasteiger partial charge on any atom is 1.00 e. The van der Waals surface area contributed by atoms with E-state index in [1.54, 1.807) is 12.1 Å². The third-order valence-corrected chi connectivity index (χ3v) is 0.882. The fourth-order valence-electron chi connectivity index (χ4n) is 0.464. The van der Waals surface area contributed by atoms with Crippen LogP contribution in [0.4, 0.5) is 0 Å². The zero-order valence-corrected chi connectivity index (χ0v) is 8.33. The van der Waals surface area contributed by atoms with Gasteiger partial charge in [-0.3, -0.25) is 0 Å². The molecule has 44 valence electrons. The Hall–Kier alpha value is 0.456. The largest absolute Gasteiger partial charge is 1.00 e. The van der Waals surface area contributed by atoms with Gasteiger partial charge in [-0.1, -0.05) is 12.1 Å². The molecular formula is C6H7KO2. The van der Waals surface area contributed by atoms with Crippen molar-refractivity contribution in [3.63, 3.8) is 0 Å². The zero-order valence-electron chi connectivity index (χ0n) is 6.20. The summed E-state index contributed by atoms with van der Waals surface area (Å²) in [6, 6.07) is 6.15. The molecule has 0 aliphatic rings. The van der Waals surface area contributed by atoms with Gasteiger partial charge in [0.15, 0.2) is 11.5 Å². The first-order valence-corrected chi connectivity index (χ1v) is 2.27. The number of phenols is 2. The minimum atomic E-state index is -0.0764. The first-order valence-electron chi connectivity index (χ1n) is 2.27. The maximum atomic E-state index is 8.67. The van der Waals surface area contributed by atoms with Gasteiger partial charge in [-0.15, -0.1) is 0 Å². The first kappa shape index (κ1) is 9.46. The van der Waals surface area contributed by atoms with E-state index in [1.165, 1.54) is 12.1 Å². The molecule has 0 saturated carbocycles. The summed E-state index contributed by atoms with van der Waals surface area (Å²) >= 11 is 0. The van der Waals surface area contributed by atoms with Crippen molar-refractivity contribution in [1.82, 2.24) is 0 Å². The summed E-state index contributed by atoms with van der Waals surface area (Å²) in [5.74, 6) is -0.153. The van der Waals surface area contributed by atoms with Crippen LogP contribution in [0.1, 0.15) is 1.43 Å². The summed E-state index contributed by atoms with van der Waals surface area (Å²) in [5, 5.41) is 17.3. The number of phenolic OH excluding ortho intramolecular Hbond substituents is 2. The SMILES string of the molecule is Oc1ccccc1O.[H-].[K+]. The molecule has 2 N–H and O–H groups in total. The third-order valence-electron chi connectivity index (χ3n) is 0.882. The Kier molecular flexibility index (Phi) is 4.52. The van der Waals surface area contributed by atoms with Gasteiger partial charge < -0.3 is 11.6 Å². The second-order valence-electron chi connectivity index (χ2n) is 1.49. The van der Waals surface area contributed by atoms with E-state index < -0.39 is 0 Å². The summed E-state index contributed by atoms with van der Waals surface area (Å²) < 4.78 is 0. The minimum absolute atomic E-state index is 0. The molecule has 0 bridgehead atoms. The number of hydrogen-bond donors (Lipinski definition) is 2. The smallest absolute Gasteiger partial charge is 1.00 e. The molecule has 0 heterocycles. The minimum Gasteiger partial charge on any atom is -1.00 e. The summed E-state index contributed by atoms with van der Waals surface area (Å²) in [5.41, 5.74) is 0. The molecule has 1 aromatic carbocycles. The Balaban J connectivity index is 0. The predicted octanol–water partition coefficient (Wildman–Crippen LogP) is -1.79. The van der Waals surface area contributed by atoms with Crippen LogP contribution in [0.3, 0.4) is 0 Å². The second kappa shape index (κ2) is 4.30. The molecule has 0 unspecified atom stereocenters. The molecule has 0 spiro atoms. The van der Waals surface area contributed by atoms with Crippen molar-refractivity contribution in [3.8, 4) is 11.5 Å². The van der Waals surface area contributed by atoms with Crippen molar-refractivity contribution in [2.75, 3.05) is 0 Å². The molecule has 0 aromatic heterocycles. The molecule has 0 aliphatic carbocycles. The van der Waals surface area contributed by atoms with Crippen LogP contribution in [0.15, 0.2) is 24.3 Å². The van der Waals surface area contributed by atoms with Crippen LogP contribution in [0, 0.1) is 0 Å². The van der Waals surface area contributed by atoms with E-state index in [2.05, 4.69) is 0 Å². The molecule has 3 heteroatoms. The Bertz CT molecular complexity index is 172. The predicted molar refractivity (Wildman–Crippen MR) is 30.9 cm³/mol. The monoisotopic (exact) mass is 150 g/mol. The van der Waals surface area contributed by atoms with Crippen molar-refractivity contribution in [2.24, 2.45) is 0 Å². The summed E-state index contributed by atoms with van der Waals surface area (Å²) in [4.78, 5) is 0. The van der Waals surface area contributed by atoms with E-state index in [0.29, 0.717) is 0 Å². The molecule has 1 aromatic rings. The van der Waals surface area contributed by atoms with Gasteiger partial charge in [0.25, 0.3) is 0 Å². The van der Waals surface area contributed by atoms with Crippen LogP contribution in [-0.4, -0.2) is 10.2 Å². The molecule has 0 atom stereocenters. The molecule has 0 fully saturated rings. The van der Waals surface area contributed by atoms with Crippen LogP contribution in [0.5, 0.6) is 11.5 Å². The molecule has 1 rings (SSSR count). The van der Waals surface area contributed by atoms with Gasteiger partial charge in [0.2, 0.25) is 0 Å². The quantitative estimate of drug-likeness (QED) is 0.339. The molecule has 0 saturated heterocycles. The fraction of sp³-hybridized carbons (Fsp3) is 0. The third kappa shape index (κ3) is 2.69. The van der Waals surface area contributed by atoms with Crippen molar-refractivity contribution in [2.45, 2.75) is 0 Å². The van der Waals surface area contributed by atoms with Gasteiger partial charge in [-0.05, 0) is 12.1 Å². The molecule has 2 nitrogen and oxygen atoms in total. The van der Waals surface area contributed by atoms with Crippen LogP contribution in [0.25, 0.3) is 0 Å². The number of rotatable bonds is 0. The summed E-state index contributed by atoms with van der Waals surface area (Å²) in [6.07, 6.45) is 0. The summed E-state index contributed by atoms with van der Waals surface area (Å²) in [7, 11) is 0. The van der Waals surface area contributed by atoms with Gasteiger partial charge in [-0.25, -0.2) is 0 Å². The van der Waals surface area contributed by atoms with Crippen molar-refractivity contribution >= 4 is 0 Å². The van der Waals surface area contributed by atoms with Crippen LogP contribution in [-0.2, 0) is 0 Å². The van der Waals surface area contributed by atoms with Crippen LogP contribution >= 0.6 is 0 Å². The van der Waals surface area contributed by atoms with E-state index in [1.807, 2.05) is 0 Å². The van der Waals surface area contributed by atoms with E-state index in [-0.39, 0.29) is 64.3 Å². The fourth-order valence-corrected chi connectivity index (χ4v) is 0.464. The molecule has 0 aliphatic heterocycles. The number of benzene rings is 1. The molecule has 0 radical (unpaired) electrons. The van der Waals surface area contributed by atoms with E-state index in [0.717, 1.165) is 0 Å². The molecule has 9 heavy (non-hydrogen) atoms. The average Bonchev–Trinajstić information content (AvgIpc) is 1.77. The Morgan fingerprint density at radius 1 is 1.00 bits per heavy atom. The maximum absolute atomic E-state index is 8.67. The van der Waals surface area contributed by atoms with Crippen LogP contribution in [0.2, 0.25) is 0 Å². The molecule has 0 amide bonds. The number of para-hydroxylation sites is 2. The number of hydrogen-bond acceptors (Lipinski definition) is 2. The van der Waals surface area contributed by atoms with Crippen LogP contribution < -0.4 is 51.4 Å². The van der Waals surface area contributed by atoms with Crippen molar-refractivity contribution < 1.29 is 63.0 Å². The zero-order chi connectivity index (χ0) is 5.98. The van der Waals surface area contributed by atoms with Gasteiger partial charge in [0, 0.05) is 0 Å². The summed E-state index contributed by atoms with van der Waals surface area (Å²) in [6.45, 7) is 0. The van der Waals surface area contributed by atoms with E-state index in [4.69, 9.17) is 10.2 Å². The van der Waals surface area contributed by atoms with Gasteiger partial charge in [-0.2, -0.15) is 0 Å².